The van der Waals surface area contributed by atoms with Crippen LogP contribution in [0, 0.1) is 26.1 Å². The Kier molecular flexibility index (Phi) is 17.5. The number of ketones is 1. The van der Waals surface area contributed by atoms with E-state index in [1.54, 1.807) is 0 Å². The Labute approximate surface area is 240 Å². The molecular formula is C23H39N5O14. The van der Waals surface area contributed by atoms with E-state index in [-0.39, 0.29) is 76.8 Å². The van der Waals surface area contributed by atoms with Crippen molar-refractivity contribution in [3.05, 3.63) is 20.2 Å². The molecule has 5 N–H and O–H groups in total. The van der Waals surface area contributed by atoms with Crippen LogP contribution in [0.1, 0.15) is 44.9 Å². The molecule has 240 valence electrons. The van der Waals surface area contributed by atoms with Crippen LogP contribution in [0.15, 0.2) is 0 Å². The summed E-state index contributed by atoms with van der Waals surface area (Å²) in [7, 11) is 1.42. The highest BCUT2D eigenvalue weighted by atomic mass is 17.0. The molecule has 0 aromatic carbocycles. The molecule has 1 saturated carbocycles. The van der Waals surface area contributed by atoms with Crippen LogP contribution in [0.4, 0.5) is 0 Å². The van der Waals surface area contributed by atoms with E-state index in [1.807, 2.05) is 0 Å². The molecule has 0 spiro atoms. The van der Waals surface area contributed by atoms with Crippen LogP contribution in [0.3, 0.4) is 0 Å². The molecule has 19 nitrogen and oxygen atoms in total. The summed E-state index contributed by atoms with van der Waals surface area (Å²) in [6.07, 6.45) is -2.11. The molecular weight excluding hydrogens is 570 g/mol. The maximum Gasteiger partial charge on any atom is 0.294 e. The number of hydrogen-bond acceptors (Lipinski definition) is 14. The Morgan fingerprint density at radius 3 is 2.33 bits per heavy atom. The number of ether oxygens (including phenoxy) is 3. The van der Waals surface area contributed by atoms with Crippen LogP contribution in [0.25, 0.3) is 0 Å². The Bertz CT molecular complexity index is 907. The molecule has 5 atom stereocenters. The number of nitrogens with two attached hydrogens (primary N) is 1. The largest absolute Gasteiger partial charge is 0.390 e. The second-order valence-electron chi connectivity index (χ2n) is 9.36. The number of hydrogen-bond donors (Lipinski definition) is 4. The number of Topliss-reactive ketones (excluding diaryl/α,β-unsaturated/α-hetero) is 1. The number of nitrogens with zero attached hydrogens (tertiary/aromatic N) is 2. The number of methoxy groups -OCH3 is 1. The van der Waals surface area contributed by atoms with Crippen LogP contribution < -0.4 is 16.4 Å². The molecule has 1 fully saturated rings. The molecule has 0 bridgehead atoms. The summed E-state index contributed by atoms with van der Waals surface area (Å²) in [6.45, 7) is -0.286. The fraction of sp³-hybridized carbons (Fsp3) is 0.826. The molecule has 0 radical (unpaired) electrons. The second-order valence-corrected chi connectivity index (χ2v) is 9.36. The quantitative estimate of drug-likeness (QED) is 0.0565. The van der Waals surface area contributed by atoms with Gasteiger partial charge in [0.2, 0.25) is 17.7 Å². The van der Waals surface area contributed by atoms with E-state index in [9.17, 15) is 44.5 Å². The van der Waals surface area contributed by atoms with E-state index in [4.69, 9.17) is 19.9 Å². The van der Waals surface area contributed by atoms with E-state index >= 15 is 0 Å². The number of aliphatic hydroxyl groups is 1. The number of primary amides is 1. The minimum Gasteiger partial charge on any atom is -0.390 e. The number of carbonyl (C=O) groups excluding carboxylic acids is 4. The number of carbonyl (C=O) groups is 4. The molecule has 1 rings (SSSR count). The highest BCUT2D eigenvalue weighted by molar-refractivity contribution is 5.84. The summed E-state index contributed by atoms with van der Waals surface area (Å²) in [5.41, 5.74) is 5.36. The lowest BCUT2D eigenvalue weighted by Crippen LogP contribution is -2.57. The summed E-state index contributed by atoms with van der Waals surface area (Å²) >= 11 is 0. The zero-order chi connectivity index (χ0) is 31.5. The maximum atomic E-state index is 12.2. The van der Waals surface area contributed by atoms with Crippen molar-refractivity contribution >= 4 is 23.5 Å². The molecule has 0 aromatic heterocycles. The first-order valence-corrected chi connectivity index (χ1v) is 13.3. The Hall–Kier alpha value is -3.68. The second kappa shape index (κ2) is 20.2. The van der Waals surface area contributed by atoms with Crippen molar-refractivity contribution in [2.24, 2.45) is 11.7 Å². The molecule has 1 aliphatic rings. The van der Waals surface area contributed by atoms with Crippen molar-refractivity contribution in [3.63, 3.8) is 0 Å². The molecule has 5 unspecified atom stereocenters. The fourth-order valence-electron chi connectivity index (χ4n) is 4.23. The first-order chi connectivity index (χ1) is 19.9. The number of aliphatic hydroxyl groups excluding tert-OH is 1. The normalized spacial score (nSPS) is 20.6. The topological polar surface area (TPSA) is 271 Å². The minimum atomic E-state index is -1.20. The van der Waals surface area contributed by atoms with Crippen molar-refractivity contribution in [1.82, 2.24) is 10.6 Å². The van der Waals surface area contributed by atoms with E-state index in [0.29, 0.717) is 12.8 Å². The van der Waals surface area contributed by atoms with Gasteiger partial charge in [0.1, 0.15) is 19.3 Å². The first-order valence-electron chi connectivity index (χ1n) is 13.3. The van der Waals surface area contributed by atoms with Gasteiger partial charge in [0.15, 0.2) is 5.78 Å². The minimum absolute atomic E-state index is 0.00362. The molecule has 0 heterocycles. The van der Waals surface area contributed by atoms with Crippen LogP contribution in [0.2, 0.25) is 0 Å². The third-order valence-electron chi connectivity index (χ3n) is 6.29. The lowest BCUT2D eigenvalue weighted by atomic mass is 9.80. The van der Waals surface area contributed by atoms with Gasteiger partial charge in [-0.25, -0.2) is 0 Å². The van der Waals surface area contributed by atoms with Gasteiger partial charge in [-0.1, -0.05) is 0 Å². The Balaban J connectivity index is 2.09. The lowest BCUT2D eigenvalue weighted by Gasteiger charge is -2.38. The third-order valence-corrected chi connectivity index (χ3v) is 6.29. The summed E-state index contributed by atoms with van der Waals surface area (Å²) < 4.78 is 15.7. The summed E-state index contributed by atoms with van der Waals surface area (Å²) in [4.78, 5) is 76.7. The third kappa shape index (κ3) is 15.4. The highest BCUT2D eigenvalue weighted by Crippen LogP contribution is 2.27. The Morgan fingerprint density at radius 1 is 1.00 bits per heavy atom. The summed E-state index contributed by atoms with van der Waals surface area (Å²) in [6, 6.07) is -0.680. The van der Waals surface area contributed by atoms with Crippen molar-refractivity contribution in [2.45, 2.75) is 69.3 Å². The van der Waals surface area contributed by atoms with E-state index < -0.39 is 58.9 Å². The van der Waals surface area contributed by atoms with Crippen molar-refractivity contribution in [3.8, 4) is 0 Å². The Morgan fingerprint density at radius 2 is 1.69 bits per heavy atom. The van der Waals surface area contributed by atoms with Crippen LogP contribution in [-0.4, -0.2) is 110 Å². The lowest BCUT2D eigenvalue weighted by molar-refractivity contribution is -0.790. The predicted octanol–water partition coefficient (Wildman–Crippen LogP) is -1.80. The van der Waals surface area contributed by atoms with E-state index in [2.05, 4.69) is 20.3 Å². The van der Waals surface area contributed by atoms with Crippen molar-refractivity contribution in [2.75, 3.05) is 46.7 Å². The van der Waals surface area contributed by atoms with Gasteiger partial charge in [-0.05, 0) is 25.7 Å². The zero-order valence-corrected chi connectivity index (χ0v) is 23.3. The molecule has 19 heteroatoms. The molecule has 0 aliphatic heterocycles. The average molecular weight is 610 g/mol. The van der Waals surface area contributed by atoms with Crippen LogP contribution in [-0.2, 0) is 43.1 Å². The number of amides is 3. The van der Waals surface area contributed by atoms with Gasteiger partial charge in [-0.15, -0.1) is 20.2 Å². The van der Waals surface area contributed by atoms with Gasteiger partial charge < -0.3 is 45.4 Å². The molecule has 0 saturated heterocycles. The standard InChI is InChI=1S/C23H39N5O14/c1-38-18-6-5-17(22(32)21(18)23(24)33)26-20(31)8-7-19(30)25-9-10-39-11-12-40-13-15(29)3-2-4-16(42-28(36)37)14-41-27(34)35/h16-18,21-22,32H,2-14H2,1H3,(H2,24,33)(H,25,30)(H,26,31). The zero-order valence-electron chi connectivity index (χ0n) is 23.3. The molecule has 1 aliphatic carbocycles. The van der Waals surface area contributed by atoms with E-state index in [0.717, 1.165) is 0 Å². The molecule has 0 aromatic rings. The first kappa shape index (κ1) is 36.3. The van der Waals surface area contributed by atoms with Gasteiger partial charge in [0.25, 0.3) is 10.2 Å². The highest BCUT2D eigenvalue weighted by Gasteiger charge is 2.42. The average Bonchev–Trinajstić information content (AvgIpc) is 2.92. The summed E-state index contributed by atoms with van der Waals surface area (Å²) in [5.74, 6) is -2.79. The van der Waals surface area contributed by atoms with Crippen molar-refractivity contribution in [1.29, 1.82) is 0 Å². The number of rotatable bonds is 23. The van der Waals surface area contributed by atoms with Gasteiger partial charge >= 0.3 is 0 Å². The monoisotopic (exact) mass is 609 g/mol. The predicted molar refractivity (Wildman–Crippen MR) is 138 cm³/mol. The number of nitrogens with one attached hydrogen (secondary N) is 2. The SMILES string of the molecule is COC1CCC(NC(=O)CCC(=O)NCCOCCOCC(=O)CCCC(CO[N+](=O)[O-])O[N+](=O)[O-])C(O)C1C(N)=O. The van der Waals surface area contributed by atoms with Crippen LogP contribution in [0.5, 0.6) is 0 Å². The smallest absolute Gasteiger partial charge is 0.294 e. The van der Waals surface area contributed by atoms with Crippen LogP contribution >= 0.6 is 0 Å². The van der Waals surface area contributed by atoms with Gasteiger partial charge in [-0.3, -0.25) is 19.2 Å². The van der Waals surface area contributed by atoms with Gasteiger partial charge in [-0.2, -0.15) is 0 Å². The molecule has 42 heavy (non-hydrogen) atoms. The van der Waals surface area contributed by atoms with Gasteiger partial charge in [0.05, 0.1) is 44.0 Å². The maximum absolute atomic E-state index is 12.2. The van der Waals surface area contributed by atoms with E-state index in [1.165, 1.54) is 7.11 Å². The van der Waals surface area contributed by atoms with Gasteiger partial charge in [0, 0.05) is 32.9 Å². The molecule has 3 amide bonds. The fourth-order valence-corrected chi connectivity index (χ4v) is 4.23. The van der Waals surface area contributed by atoms with Crippen molar-refractivity contribution < 1.29 is 58.3 Å². The summed E-state index contributed by atoms with van der Waals surface area (Å²) in [5, 5.41) is 34.1.